The average molecular weight is 290 g/mol. The van der Waals surface area contributed by atoms with Gasteiger partial charge in [-0.3, -0.25) is 5.41 Å². The van der Waals surface area contributed by atoms with Crippen molar-refractivity contribution in [3.63, 3.8) is 0 Å². The lowest BCUT2D eigenvalue weighted by Crippen LogP contribution is -2.16. The van der Waals surface area contributed by atoms with Gasteiger partial charge in [0.25, 0.3) is 0 Å². The summed E-state index contributed by atoms with van der Waals surface area (Å²) in [5, 5.41) is 7.17. The minimum Gasteiger partial charge on any atom is -0.491 e. The van der Waals surface area contributed by atoms with Gasteiger partial charge in [-0.25, -0.2) is 0 Å². The first kappa shape index (κ1) is 16.3. The molecule has 0 aliphatic carbocycles. The third-order valence-electron chi connectivity index (χ3n) is 2.39. The van der Waals surface area contributed by atoms with Crippen molar-refractivity contribution in [3.8, 4) is 5.75 Å². The molecule has 0 bridgehead atoms. The Morgan fingerprint density at radius 1 is 1.30 bits per heavy atom. The quantitative estimate of drug-likeness (QED) is 0.481. The summed E-state index contributed by atoms with van der Waals surface area (Å²) >= 11 is 0. The standard InChI is InChI=1S/C13H17F3N2O2/c1-8(2)19-5-6-20-11-4-3-9(12(17)18)7-10(11)13(14,15)16/h3-4,7-8H,5-6H2,1-2H3,(H3,17,18). The summed E-state index contributed by atoms with van der Waals surface area (Å²) in [5.41, 5.74) is 4.24. The van der Waals surface area contributed by atoms with Gasteiger partial charge in [0.05, 0.1) is 18.3 Å². The number of hydrogen-bond donors (Lipinski definition) is 2. The van der Waals surface area contributed by atoms with Crippen LogP contribution in [0.1, 0.15) is 25.0 Å². The number of nitrogens with two attached hydrogens (primary N) is 1. The second-order valence-corrected chi connectivity index (χ2v) is 4.39. The first-order valence-electron chi connectivity index (χ1n) is 6.02. The van der Waals surface area contributed by atoms with Crippen LogP contribution in [0.15, 0.2) is 18.2 Å². The van der Waals surface area contributed by atoms with Gasteiger partial charge in [-0.05, 0) is 32.0 Å². The zero-order valence-electron chi connectivity index (χ0n) is 11.3. The van der Waals surface area contributed by atoms with Gasteiger partial charge in [0.2, 0.25) is 0 Å². The van der Waals surface area contributed by atoms with Gasteiger partial charge >= 0.3 is 6.18 Å². The summed E-state index contributed by atoms with van der Waals surface area (Å²) in [7, 11) is 0. The van der Waals surface area contributed by atoms with Gasteiger partial charge in [0.15, 0.2) is 0 Å². The molecule has 0 spiro atoms. The van der Waals surface area contributed by atoms with E-state index in [1.54, 1.807) is 0 Å². The van der Waals surface area contributed by atoms with Crippen LogP contribution in [-0.4, -0.2) is 25.2 Å². The molecule has 1 aromatic carbocycles. The SMILES string of the molecule is CC(C)OCCOc1ccc(C(=N)N)cc1C(F)(F)F. The Bertz CT molecular complexity index is 473. The highest BCUT2D eigenvalue weighted by Crippen LogP contribution is 2.36. The van der Waals surface area contributed by atoms with E-state index >= 15 is 0 Å². The van der Waals surface area contributed by atoms with Crippen LogP contribution in [-0.2, 0) is 10.9 Å². The monoisotopic (exact) mass is 290 g/mol. The molecule has 1 rings (SSSR count). The highest BCUT2D eigenvalue weighted by atomic mass is 19.4. The third-order valence-corrected chi connectivity index (χ3v) is 2.39. The maximum Gasteiger partial charge on any atom is 0.419 e. The van der Waals surface area contributed by atoms with E-state index in [-0.39, 0.29) is 30.6 Å². The van der Waals surface area contributed by atoms with Gasteiger partial charge in [-0.2, -0.15) is 13.2 Å². The minimum absolute atomic E-state index is 0.00288. The number of nitrogen functional groups attached to an aromatic ring is 1. The summed E-state index contributed by atoms with van der Waals surface area (Å²) in [5.74, 6) is -0.722. The second kappa shape index (κ2) is 6.60. The zero-order valence-corrected chi connectivity index (χ0v) is 11.3. The fourth-order valence-electron chi connectivity index (χ4n) is 1.48. The predicted octanol–water partition coefficient (Wildman–Crippen LogP) is 2.79. The zero-order chi connectivity index (χ0) is 15.3. The smallest absolute Gasteiger partial charge is 0.419 e. The molecular formula is C13H17F3N2O2. The van der Waals surface area contributed by atoms with Crippen molar-refractivity contribution < 1.29 is 22.6 Å². The van der Waals surface area contributed by atoms with Crippen LogP contribution in [0.25, 0.3) is 0 Å². The molecule has 0 heterocycles. The molecule has 0 radical (unpaired) electrons. The molecule has 0 amide bonds. The molecule has 0 aliphatic rings. The Morgan fingerprint density at radius 2 is 1.95 bits per heavy atom. The van der Waals surface area contributed by atoms with Crippen LogP contribution in [0.2, 0.25) is 0 Å². The number of ether oxygens (including phenoxy) is 2. The van der Waals surface area contributed by atoms with Crippen LogP contribution < -0.4 is 10.5 Å². The lowest BCUT2D eigenvalue weighted by atomic mass is 10.1. The van der Waals surface area contributed by atoms with E-state index in [0.29, 0.717) is 0 Å². The Kier molecular flexibility index (Phi) is 5.38. The topological polar surface area (TPSA) is 68.3 Å². The highest BCUT2D eigenvalue weighted by Gasteiger charge is 2.34. The number of nitrogens with one attached hydrogen (secondary N) is 1. The summed E-state index contributed by atoms with van der Waals surface area (Å²) in [6.07, 6.45) is -4.58. The molecule has 7 heteroatoms. The van der Waals surface area contributed by atoms with Crippen LogP contribution in [0.3, 0.4) is 0 Å². The second-order valence-electron chi connectivity index (χ2n) is 4.39. The van der Waals surface area contributed by atoms with Crippen molar-refractivity contribution in [1.29, 1.82) is 5.41 Å². The van der Waals surface area contributed by atoms with Crippen LogP contribution in [0.5, 0.6) is 5.75 Å². The predicted molar refractivity (Wildman–Crippen MR) is 69.0 cm³/mol. The maximum absolute atomic E-state index is 12.9. The van der Waals surface area contributed by atoms with Crippen molar-refractivity contribution in [2.24, 2.45) is 5.73 Å². The molecule has 112 valence electrons. The van der Waals surface area contributed by atoms with Gasteiger partial charge in [-0.1, -0.05) is 0 Å². The van der Waals surface area contributed by atoms with Crippen molar-refractivity contribution in [1.82, 2.24) is 0 Å². The number of amidine groups is 1. The largest absolute Gasteiger partial charge is 0.491 e. The fourth-order valence-corrected chi connectivity index (χ4v) is 1.48. The molecule has 1 aromatic rings. The van der Waals surface area contributed by atoms with Crippen LogP contribution in [0, 0.1) is 5.41 Å². The Morgan fingerprint density at radius 3 is 2.45 bits per heavy atom. The molecule has 3 N–H and O–H groups in total. The molecule has 0 aliphatic heterocycles. The number of benzene rings is 1. The van der Waals surface area contributed by atoms with Gasteiger partial charge in [-0.15, -0.1) is 0 Å². The molecule has 20 heavy (non-hydrogen) atoms. The molecule has 0 saturated carbocycles. The van der Waals surface area contributed by atoms with E-state index in [4.69, 9.17) is 20.6 Å². The molecule has 0 saturated heterocycles. The fraction of sp³-hybridized carbons (Fsp3) is 0.462. The van der Waals surface area contributed by atoms with Crippen LogP contribution >= 0.6 is 0 Å². The van der Waals surface area contributed by atoms with Gasteiger partial charge < -0.3 is 15.2 Å². The summed E-state index contributed by atoms with van der Waals surface area (Å²) < 4.78 is 49.0. The van der Waals surface area contributed by atoms with Crippen molar-refractivity contribution in [2.45, 2.75) is 26.1 Å². The molecule has 0 atom stereocenters. The van der Waals surface area contributed by atoms with Crippen LogP contribution in [0.4, 0.5) is 13.2 Å². The highest BCUT2D eigenvalue weighted by molar-refractivity contribution is 5.95. The average Bonchev–Trinajstić information content (AvgIpc) is 2.33. The first-order valence-corrected chi connectivity index (χ1v) is 6.02. The number of alkyl halides is 3. The summed E-state index contributed by atoms with van der Waals surface area (Å²) in [6, 6.07) is 3.28. The summed E-state index contributed by atoms with van der Waals surface area (Å²) in [6.45, 7) is 3.86. The number of rotatable bonds is 6. The van der Waals surface area contributed by atoms with Crippen molar-refractivity contribution >= 4 is 5.84 Å². The van der Waals surface area contributed by atoms with E-state index < -0.39 is 17.6 Å². The molecule has 0 unspecified atom stereocenters. The normalized spacial score (nSPS) is 11.7. The van der Waals surface area contributed by atoms with Gasteiger partial charge in [0, 0.05) is 5.56 Å². The molecule has 0 aromatic heterocycles. The van der Waals surface area contributed by atoms with E-state index in [2.05, 4.69) is 0 Å². The lowest BCUT2D eigenvalue weighted by Gasteiger charge is -2.15. The van der Waals surface area contributed by atoms with E-state index in [1.165, 1.54) is 6.07 Å². The summed E-state index contributed by atoms with van der Waals surface area (Å²) in [4.78, 5) is 0. The Balaban J connectivity index is 2.87. The number of halogens is 3. The van der Waals surface area contributed by atoms with Crippen molar-refractivity contribution in [2.75, 3.05) is 13.2 Å². The Hall–Kier alpha value is -1.76. The molecular weight excluding hydrogens is 273 g/mol. The van der Waals surface area contributed by atoms with E-state index in [9.17, 15) is 13.2 Å². The van der Waals surface area contributed by atoms with Crippen molar-refractivity contribution in [3.05, 3.63) is 29.3 Å². The maximum atomic E-state index is 12.9. The molecule has 4 nitrogen and oxygen atoms in total. The van der Waals surface area contributed by atoms with E-state index in [1.807, 2.05) is 13.8 Å². The first-order chi connectivity index (χ1) is 9.21. The van der Waals surface area contributed by atoms with E-state index in [0.717, 1.165) is 12.1 Å². The molecule has 0 fully saturated rings. The minimum atomic E-state index is -4.57. The lowest BCUT2D eigenvalue weighted by molar-refractivity contribution is -0.139. The van der Waals surface area contributed by atoms with Gasteiger partial charge in [0.1, 0.15) is 18.2 Å². The number of hydrogen-bond acceptors (Lipinski definition) is 3. The Labute approximate surface area is 115 Å². The third kappa shape index (κ3) is 4.73.